The minimum Gasteiger partial charge on any atom is -0.423 e. The number of benzene rings is 1. The van der Waals surface area contributed by atoms with Gasteiger partial charge in [0.05, 0.1) is 6.04 Å². The molecule has 0 amide bonds. The van der Waals surface area contributed by atoms with Gasteiger partial charge in [0.2, 0.25) is 5.16 Å². The van der Waals surface area contributed by atoms with E-state index < -0.39 is 7.12 Å². The van der Waals surface area contributed by atoms with E-state index in [-0.39, 0.29) is 0 Å². The maximum Gasteiger partial charge on any atom is 0.488 e. The largest absolute Gasteiger partial charge is 0.488 e. The van der Waals surface area contributed by atoms with Gasteiger partial charge in [0.1, 0.15) is 0 Å². The standard InChI is InChI=1S/C13H17BN4O2S/c19-14(20)11-7-5-10(6-8-11)9-21-13-15-16-17-18(13)12-3-1-2-4-12/h5-8,12,19-20H,1-4,9H2. The van der Waals surface area contributed by atoms with Crippen molar-refractivity contribution in [1.29, 1.82) is 0 Å². The van der Waals surface area contributed by atoms with Crippen LogP contribution in [-0.4, -0.2) is 37.4 Å². The molecule has 1 fully saturated rings. The summed E-state index contributed by atoms with van der Waals surface area (Å²) in [5.74, 6) is 0.759. The lowest BCUT2D eigenvalue weighted by Gasteiger charge is -2.10. The molecule has 1 saturated carbocycles. The number of nitrogens with zero attached hydrogens (tertiary/aromatic N) is 4. The van der Waals surface area contributed by atoms with Crippen molar-refractivity contribution in [2.75, 3.05) is 0 Å². The van der Waals surface area contributed by atoms with Crippen LogP contribution < -0.4 is 5.46 Å². The van der Waals surface area contributed by atoms with Gasteiger partial charge in [-0.3, -0.25) is 0 Å². The van der Waals surface area contributed by atoms with Crippen LogP contribution in [0.2, 0.25) is 0 Å². The molecule has 0 unspecified atom stereocenters. The van der Waals surface area contributed by atoms with Crippen molar-refractivity contribution in [3.63, 3.8) is 0 Å². The summed E-state index contributed by atoms with van der Waals surface area (Å²) in [6.45, 7) is 0. The van der Waals surface area contributed by atoms with Crippen LogP contribution >= 0.6 is 11.8 Å². The fourth-order valence-electron chi connectivity index (χ4n) is 2.59. The van der Waals surface area contributed by atoms with Gasteiger partial charge in [-0.2, -0.15) is 0 Å². The Morgan fingerprint density at radius 1 is 1.19 bits per heavy atom. The first-order valence-electron chi connectivity index (χ1n) is 7.09. The van der Waals surface area contributed by atoms with Crippen LogP contribution in [0.4, 0.5) is 0 Å². The van der Waals surface area contributed by atoms with E-state index in [0.717, 1.165) is 29.3 Å². The third kappa shape index (κ3) is 3.45. The van der Waals surface area contributed by atoms with Gasteiger partial charge >= 0.3 is 7.12 Å². The van der Waals surface area contributed by atoms with E-state index in [1.807, 2.05) is 16.8 Å². The molecular weight excluding hydrogens is 287 g/mol. The maximum absolute atomic E-state index is 9.07. The summed E-state index contributed by atoms with van der Waals surface area (Å²) in [6, 6.07) is 7.67. The van der Waals surface area contributed by atoms with Crippen LogP contribution in [0.3, 0.4) is 0 Å². The minimum atomic E-state index is -1.42. The van der Waals surface area contributed by atoms with E-state index in [2.05, 4.69) is 15.5 Å². The number of aromatic nitrogens is 4. The van der Waals surface area contributed by atoms with E-state index in [4.69, 9.17) is 10.0 Å². The Hall–Kier alpha value is -1.38. The second-order valence-electron chi connectivity index (χ2n) is 5.25. The van der Waals surface area contributed by atoms with Gasteiger partial charge in [0, 0.05) is 5.75 Å². The topological polar surface area (TPSA) is 84.1 Å². The van der Waals surface area contributed by atoms with Gasteiger partial charge in [-0.1, -0.05) is 48.9 Å². The summed E-state index contributed by atoms with van der Waals surface area (Å²) < 4.78 is 1.95. The second kappa shape index (κ2) is 6.59. The van der Waals surface area contributed by atoms with Gasteiger partial charge in [-0.15, -0.1) is 5.10 Å². The first-order chi connectivity index (χ1) is 10.2. The highest BCUT2D eigenvalue weighted by molar-refractivity contribution is 7.98. The molecule has 2 aromatic rings. The molecule has 3 rings (SSSR count). The lowest BCUT2D eigenvalue weighted by Crippen LogP contribution is -2.29. The predicted molar refractivity (Wildman–Crippen MR) is 81.2 cm³/mol. The molecular formula is C13H17BN4O2S. The van der Waals surface area contributed by atoms with Crippen molar-refractivity contribution < 1.29 is 10.0 Å². The van der Waals surface area contributed by atoms with Gasteiger partial charge in [0.15, 0.2) is 0 Å². The third-order valence-corrected chi connectivity index (χ3v) is 4.78. The fourth-order valence-corrected chi connectivity index (χ4v) is 3.49. The molecule has 1 heterocycles. The molecule has 1 aromatic heterocycles. The van der Waals surface area contributed by atoms with Gasteiger partial charge in [-0.05, 0) is 34.3 Å². The summed E-state index contributed by atoms with van der Waals surface area (Å²) in [6.07, 6.45) is 4.81. The fraction of sp³-hybridized carbons (Fsp3) is 0.462. The van der Waals surface area contributed by atoms with Gasteiger partial charge < -0.3 is 10.0 Å². The number of thioether (sulfide) groups is 1. The second-order valence-corrected chi connectivity index (χ2v) is 6.19. The highest BCUT2D eigenvalue weighted by Crippen LogP contribution is 2.32. The molecule has 8 heteroatoms. The van der Waals surface area contributed by atoms with E-state index in [1.165, 1.54) is 12.8 Å². The Balaban J connectivity index is 1.63. The van der Waals surface area contributed by atoms with Crippen molar-refractivity contribution >= 4 is 24.3 Å². The molecule has 6 nitrogen and oxygen atoms in total. The molecule has 0 radical (unpaired) electrons. The summed E-state index contributed by atoms with van der Waals surface area (Å²) in [4.78, 5) is 0. The zero-order valence-corrected chi connectivity index (χ0v) is 12.4. The normalized spacial score (nSPS) is 15.5. The average Bonchev–Trinajstić information content (AvgIpc) is 3.16. The SMILES string of the molecule is OB(O)c1ccc(CSc2nnnn2C2CCCC2)cc1. The summed E-state index contributed by atoms with van der Waals surface area (Å²) in [7, 11) is -1.42. The number of hydrogen-bond donors (Lipinski definition) is 2. The molecule has 110 valence electrons. The van der Waals surface area contributed by atoms with Gasteiger partial charge in [-0.25, -0.2) is 4.68 Å². The predicted octanol–water partition coefficient (Wildman–Crippen LogP) is 0.760. The van der Waals surface area contributed by atoms with E-state index in [0.29, 0.717) is 11.5 Å². The Morgan fingerprint density at radius 2 is 1.90 bits per heavy atom. The van der Waals surface area contributed by atoms with Crippen LogP contribution in [0.5, 0.6) is 0 Å². The summed E-state index contributed by atoms with van der Waals surface area (Å²) >= 11 is 1.61. The number of rotatable bonds is 5. The first-order valence-corrected chi connectivity index (χ1v) is 8.08. The van der Waals surface area contributed by atoms with Crippen molar-refractivity contribution in [1.82, 2.24) is 20.2 Å². The summed E-state index contributed by atoms with van der Waals surface area (Å²) in [5, 5.41) is 31.0. The van der Waals surface area contributed by atoms with E-state index in [1.54, 1.807) is 23.9 Å². The zero-order chi connectivity index (χ0) is 14.7. The lowest BCUT2D eigenvalue weighted by molar-refractivity contribution is 0.423. The number of tetrazole rings is 1. The molecule has 0 spiro atoms. The molecule has 1 aromatic carbocycles. The lowest BCUT2D eigenvalue weighted by atomic mass is 9.80. The van der Waals surface area contributed by atoms with Crippen molar-refractivity contribution in [2.24, 2.45) is 0 Å². The average molecular weight is 304 g/mol. The quantitative estimate of drug-likeness (QED) is 0.627. The molecule has 21 heavy (non-hydrogen) atoms. The minimum absolute atomic E-state index is 0.439. The molecule has 0 atom stereocenters. The highest BCUT2D eigenvalue weighted by atomic mass is 32.2. The molecule has 1 aliphatic carbocycles. The van der Waals surface area contributed by atoms with Crippen LogP contribution in [0.1, 0.15) is 37.3 Å². The zero-order valence-electron chi connectivity index (χ0n) is 11.6. The van der Waals surface area contributed by atoms with Crippen LogP contribution in [0.25, 0.3) is 0 Å². The molecule has 0 saturated heterocycles. The van der Waals surface area contributed by atoms with Crippen molar-refractivity contribution in [2.45, 2.75) is 42.6 Å². The van der Waals surface area contributed by atoms with Crippen molar-refractivity contribution in [3.05, 3.63) is 29.8 Å². The van der Waals surface area contributed by atoms with Gasteiger partial charge in [0.25, 0.3) is 0 Å². The Morgan fingerprint density at radius 3 is 2.57 bits per heavy atom. The summed E-state index contributed by atoms with van der Waals surface area (Å²) in [5.41, 5.74) is 1.60. The maximum atomic E-state index is 9.07. The Labute approximate surface area is 127 Å². The van der Waals surface area contributed by atoms with Crippen LogP contribution in [0.15, 0.2) is 29.4 Å². The Kier molecular flexibility index (Phi) is 4.57. The first kappa shape index (κ1) is 14.6. The molecule has 1 aliphatic rings. The van der Waals surface area contributed by atoms with Crippen LogP contribution in [0, 0.1) is 0 Å². The van der Waals surface area contributed by atoms with Crippen LogP contribution in [-0.2, 0) is 5.75 Å². The molecule has 0 aliphatic heterocycles. The number of hydrogen-bond acceptors (Lipinski definition) is 6. The van der Waals surface area contributed by atoms with E-state index >= 15 is 0 Å². The monoisotopic (exact) mass is 304 g/mol. The Bertz CT molecular complexity index is 584. The molecule has 2 N–H and O–H groups in total. The highest BCUT2D eigenvalue weighted by Gasteiger charge is 2.21. The molecule has 0 bridgehead atoms. The van der Waals surface area contributed by atoms with E-state index in [9.17, 15) is 0 Å². The van der Waals surface area contributed by atoms with Crippen molar-refractivity contribution in [3.8, 4) is 0 Å². The third-order valence-electron chi connectivity index (χ3n) is 3.78. The smallest absolute Gasteiger partial charge is 0.423 e.